The summed E-state index contributed by atoms with van der Waals surface area (Å²) in [4.78, 5) is 17.6. The third-order valence-corrected chi connectivity index (χ3v) is 3.14. The Morgan fingerprint density at radius 1 is 1.05 bits per heavy atom. The van der Waals surface area contributed by atoms with E-state index in [9.17, 15) is 10.0 Å². The summed E-state index contributed by atoms with van der Waals surface area (Å²) >= 11 is 0. The van der Waals surface area contributed by atoms with Crippen molar-refractivity contribution in [1.29, 1.82) is 0 Å². The second-order valence-electron chi connectivity index (χ2n) is 4.28. The van der Waals surface area contributed by atoms with Crippen LogP contribution in [0.3, 0.4) is 0 Å². The summed E-state index contributed by atoms with van der Waals surface area (Å²) in [6.07, 6.45) is 0. The fourth-order valence-corrected chi connectivity index (χ4v) is 2.24. The normalized spacial score (nSPS) is 10.7. The fraction of sp³-hybridized carbons (Fsp3) is 0.0667. The maximum atomic E-state index is 12.5. The maximum Gasteiger partial charge on any atom is 0.357 e. The summed E-state index contributed by atoms with van der Waals surface area (Å²) in [5.41, 5.74) is 0.949. The molecule has 0 aliphatic heterocycles. The lowest BCUT2D eigenvalue weighted by Gasteiger charge is -2.11. The van der Waals surface area contributed by atoms with E-state index in [1.165, 1.54) is 7.11 Å². The molecule has 5 heteroatoms. The molecule has 0 atom stereocenters. The van der Waals surface area contributed by atoms with E-state index in [0.29, 0.717) is 21.3 Å². The van der Waals surface area contributed by atoms with E-state index < -0.39 is 5.56 Å². The minimum atomic E-state index is -0.479. The van der Waals surface area contributed by atoms with Crippen LogP contribution in [0, 0.1) is 5.21 Å². The highest BCUT2D eigenvalue weighted by Gasteiger charge is 2.22. The summed E-state index contributed by atoms with van der Waals surface area (Å²) in [7, 11) is 1.40. The van der Waals surface area contributed by atoms with Gasteiger partial charge in [0, 0.05) is 6.07 Å². The highest BCUT2D eigenvalue weighted by atomic mass is 16.7. The van der Waals surface area contributed by atoms with Crippen LogP contribution in [0.2, 0.25) is 0 Å². The largest absolute Gasteiger partial charge is 0.618 e. The van der Waals surface area contributed by atoms with E-state index in [-0.39, 0.29) is 5.69 Å². The highest BCUT2D eigenvalue weighted by Crippen LogP contribution is 2.14. The molecule has 0 unspecified atom stereocenters. The molecule has 0 bridgehead atoms. The molecule has 0 N–H and O–H groups in total. The predicted octanol–water partition coefficient (Wildman–Crippen LogP) is 1.36. The number of hydrogen-bond acceptors (Lipinski definition) is 3. The molecule has 3 rings (SSSR count). The summed E-state index contributed by atoms with van der Waals surface area (Å²) in [5, 5.41) is 12.5. The monoisotopic (exact) mass is 268 g/mol. The molecule has 2 aromatic carbocycles. The van der Waals surface area contributed by atoms with E-state index in [2.05, 4.69) is 0 Å². The molecule has 100 valence electrons. The van der Waals surface area contributed by atoms with Crippen LogP contribution in [0.15, 0.2) is 59.4 Å². The Morgan fingerprint density at radius 3 is 2.40 bits per heavy atom. The van der Waals surface area contributed by atoms with Crippen LogP contribution in [0.4, 0.5) is 0 Å². The zero-order chi connectivity index (χ0) is 14.1. The molecule has 0 saturated carbocycles. The summed E-state index contributed by atoms with van der Waals surface area (Å²) in [5.74, 6) is 0. The molecular weight excluding hydrogens is 256 g/mol. The SMILES string of the molecule is COn1c(=O)c(-c2ccccc2)[n+]([O-])c2ccccc21. The van der Waals surface area contributed by atoms with Gasteiger partial charge in [0.05, 0.1) is 5.56 Å². The molecule has 0 amide bonds. The van der Waals surface area contributed by atoms with Gasteiger partial charge in [-0.1, -0.05) is 30.3 Å². The summed E-state index contributed by atoms with van der Waals surface area (Å²) in [6.45, 7) is 0. The molecule has 0 fully saturated rings. The number of para-hydroxylation sites is 2. The maximum absolute atomic E-state index is 12.5. The molecule has 0 saturated heterocycles. The molecule has 0 spiro atoms. The van der Waals surface area contributed by atoms with Gasteiger partial charge in [0.2, 0.25) is 5.52 Å². The van der Waals surface area contributed by atoms with Crippen LogP contribution in [-0.4, -0.2) is 11.8 Å². The molecule has 1 heterocycles. The predicted molar refractivity (Wildman–Crippen MR) is 75.1 cm³/mol. The topological polar surface area (TPSA) is 58.2 Å². The average Bonchev–Trinajstić information content (AvgIpc) is 2.49. The van der Waals surface area contributed by atoms with E-state index in [0.717, 1.165) is 4.73 Å². The van der Waals surface area contributed by atoms with Gasteiger partial charge in [-0.2, -0.15) is 4.73 Å². The minimum Gasteiger partial charge on any atom is -0.618 e. The minimum absolute atomic E-state index is 0.0474. The third-order valence-electron chi connectivity index (χ3n) is 3.14. The second kappa shape index (κ2) is 4.70. The van der Waals surface area contributed by atoms with Crippen molar-refractivity contribution in [2.45, 2.75) is 0 Å². The van der Waals surface area contributed by atoms with Gasteiger partial charge in [0.25, 0.3) is 5.69 Å². The second-order valence-corrected chi connectivity index (χ2v) is 4.28. The van der Waals surface area contributed by atoms with Crippen LogP contribution in [-0.2, 0) is 0 Å². The number of rotatable bonds is 2. The summed E-state index contributed by atoms with van der Waals surface area (Å²) in [6, 6.07) is 15.7. The smallest absolute Gasteiger partial charge is 0.357 e. The van der Waals surface area contributed by atoms with Crippen LogP contribution < -0.4 is 15.1 Å². The standard InChI is InChI=1S/C15H12N2O3/c1-20-17-13-10-6-5-9-12(13)16(19)14(15(17)18)11-7-3-2-4-8-11/h2-10H,1H3. The number of nitrogens with zero attached hydrogens (tertiary/aromatic N) is 2. The first-order valence-electron chi connectivity index (χ1n) is 6.11. The lowest BCUT2D eigenvalue weighted by Crippen LogP contribution is -2.42. The molecule has 20 heavy (non-hydrogen) atoms. The van der Waals surface area contributed by atoms with Gasteiger partial charge in [-0.15, -0.1) is 4.73 Å². The summed E-state index contributed by atoms with van der Waals surface area (Å²) < 4.78 is 1.79. The number of benzene rings is 2. The van der Waals surface area contributed by atoms with Gasteiger partial charge in [0.1, 0.15) is 7.11 Å². The van der Waals surface area contributed by atoms with E-state index in [4.69, 9.17) is 4.84 Å². The van der Waals surface area contributed by atoms with Crippen LogP contribution in [0.25, 0.3) is 22.3 Å². The number of hydrogen-bond donors (Lipinski definition) is 0. The van der Waals surface area contributed by atoms with Crippen molar-refractivity contribution in [3.8, 4) is 11.3 Å². The van der Waals surface area contributed by atoms with Gasteiger partial charge in [-0.25, -0.2) is 0 Å². The van der Waals surface area contributed by atoms with Crippen molar-refractivity contribution in [1.82, 2.24) is 4.73 Å². The Hall–Kier alpha value is -2.82. The Balaban J connectivity index is 2.48. The Kier molecular flexibility index (Phi) is 2.87. The quantitative estimate of drug-likeness (QED) is 0.521. The Labute approximate surface area is 114 Å². The van der Waals surface area contributed by atoms with Crippen molar-refractivity contribution < 1.29 is 9.57 Å². The molecule has 3 aromatic rings. The van der Waals surface area contributed by atoms with Gasteiger partial charge in [-0.05, 0) is 18.2 Å². The number of aromatic nitrogens is 2. The van der Waals surface area contributed by atoms with Gasteiger partial charge < -0.3 is 10.0 Å². The van der Waals surface area contributed by atoms with Crippen molar-refractivity contribution in [3.05, 3.63) is 70.2 Å². The van der Waals surface area contributed by atoms with Crippen molar-refractivity contribution in [2.75, 3.05) is 7.11 Å². The molecular formula is C15H12N2O3. The van der Waals surface area contributed by atoms with Gasteiger partial charge >= 0.3 is 5.56 Å². The Morgan fingerprint density at radius 2 is 1.70 bits per heavy atom. The first kappa shape index (κ1) is 12.2. The van der Waals surface area contributed by atoms with E-state index in [1.807, 2.05) is 6.07 Å². The highest BCUT2D eigenvalue weighted by molar-refractivity contribution is 5.73. The molecule has 0 aliphatic rings. The molecule has 1 aromatic heterocycles. The van der Waals surface area contributed by atoms with E-state index in [1.54, 1.807) is 48.5 Å². The average molecular weight is 268 g/mol. The lowest BCUT2D eigenvalue weighted by atomic mass is 10.1. The molecule has 0 radical (unpaired) electrons. The fourth-order valence-electron chi connectivity index (χ4n) is 2.24. The molecule has 0 aliphatic carbocycles. The van der Waals surface area contributed by atoms with E-state index >= 15 is 0 Å². The molecule has 5 nitrogen and oxygen atoms in total. The van der Waals surface area contributed by atoms with Crippen LogP contribution in [0.1, 0.15) is 0 Å². The van der Waals surface area contributed by atoms with Crippen molar-refractivity contribution >= 4 is 11.0 Å². The lowest BCUT2D eigenvalue weighted by molar-refractivity contribution is -0.566. The zero-order valence-electron chi connectivity index (χ0n) is 10.8. The first-order chi connectivity index (χ1) is 9.74. The van der Waals surface area contributed by atoms with Gasteiger partial charge in [0.15, 0.2) is 5.52 Å². The van der Waals surface area contributed by atoms with Crippen LogP contribution in [0.5, 0.6) is 0 Å². The number of fused-ring (bicyclic) bond motifs is 1. The first-order valence-corrected chi connectivity index (χ1v) is 6.11. The van der Waals surface area contributed by atoms with Gasteiger partial charge in [-0.3, -0.25) is 4.79 Å². The van der Waals surface area contributed by atoms with Crippen molar-refractivity contribution in [3.63, 3.8) is 0 Å². The third kappa shape index (κ3) is 1.72. The van der Waals surface area contributed by atoms with Crippen molar-refractivity contribution in [2.24, 2.45) is 0 Å². The zero-order valence-corrected chi connectivity index (χ0v) is 10.8. The Bertz CT molecular complexity index is 826. The van der Waals surface area contributed by atoms with Crippen LogP contribution >= 0.6 is 0 Å².